The Morgan fingerprint density at radius 2 is 0.951 bits per heavy atom. The van der Waals surface area contributed by atoms with Crippen LogP contribution < -0.4 is 21.1 Å². The van der Waals surface area contributed by atoms with Crippen LogP contribution in [-0.4, -0.2) is 33.5 Å². The molecule has 208 valence electrons. The molecule has 0 bridgehead atoms. The van der Waals surface area contributed by atoms with Gasteiger partial charge in [0.2, 0.25) is 0 Å². The lowest BCUT2D eigenvalue weighted by Crippen LogP contribution is -2.99. The predicted molar refractivity (Wildman–Crippen MR) is 161 cm³/mol. The van der Waals surface area contributed by atoms with E-state index in [1.54, 1.807) is 24.3 Å². The van der Waals surface area contributed by atoms with Crippen molar-refractivity contribution in [3.63, 3.8) is 0 Å². The smallest absolute Gasteiger partial charge is 0.175 e. The van der Waals surface area contributed by atoms with Gasteiger partial charge in [-0.3, -0.25) is 0 Å². The third-order valence-electron chi connectivity index (χ3n) is 7.33. The average Bonchev–Trinajstić information content (AvgIpc) is 2.98. The minimum atomic E-state index is -0.982. The highest BCUT2D eigenvalue weighted by Crippen LogP contribution is 2.35. The summed E-state index contributed by atoms with van der Waals surface area (Å²) in [6.45, 7) is 1.34. The van der Waals surface area contributed by atoms with Crippen LogP contribution in [0.5, 0.6) is 0 Å². The Morgan fingerprint density at radius 1 is 0.537 bits per heavy atom. The number of benzene rings is 4. The molecule has 2 unspecified atom stereocenters. The fourth-order valence-electron chi connectivity index (χ4n) is 5.46. The van der Waals surface area contributed by atoms with Gasteiger partial charge in [-0.15, -0.1) is 0 Å². The topological polar surface area (TPSA) is 145 Å². The molecule has 2 aromatic heterocycles. The maximum atomic E-state index is 12.0. The van der Waals surface area contributed by atoms with E-state index in [0.717, 1.165) is 52.4 Å². The van der Waals surface area contributed by atoms with Crippen LogP contribution in [0.1, 0.15) is 19.3 Å². The lowest BCUT2D eigenvalue weighted by Gasteiger charge is -2.19. The van der Waals surface area contributed by atoms with E-state index < -0.39 is 10.5 Å². The summed E-state index contributed by atoms with van der Waals surface area (Å²) in [7, 11) is 0. The molecule has 10 nitrogen and oxygen atoms in total. The molecule has 4 aromatic carbocycles. The molecular weight excluding hydrogens is 520 g/mol. The lowest BCUT2D eigenvalue weighted by molar-refractivity contribution is -0.990. The number of quaternary nitrogens is 2. The monoisotopic (exact) mass is 550 g/mol. The normalized spacial score (nSPS) is 13.2. The van der Waals surface area contributed by atoms with Gasteiger partial charge in [-0.25, -0.2) is 20.4 Å². The molecule has 6 N–H and O–H groups in total. The quantitative estimate of drug-likeness (QED) is 0.0825. The number of para-hydroxylation sites is 2. The van der Waals surface area contributed by atoms with E-state index in [1.807, 2.05) is 60.7 Å². The number of nitrogens with one attached hydrogen (secondary N) is 4. The van der Waals surface area contributed by atoms with Gasteiger partial charge in [0.25, 0.3) is 0 Å². The molecule has 0 amide bonds. The molecule has 0 saturated heterocycles. The van der Waals surface area contributed by atoms with Crippen LogP contribution in [0.4, 0.5) is 22.7 Å². The van der Waals surface area contributed by atoms with Crippen LogP contribution in [0.3, 0.4) is 0 Å². The molecule has 41 heavy (non-hydrogen) atoms. The molecule has 0 radical (unpaired) electrons. The van der Waals surface area contributed by atoms with Gasteiger partial charge in [-0.05, 0) is 43.5 Å². The molecule has 0 saturated carbocycles. The molecule has 0 aliphatic heterocycles. The fraction of sp³-hybridized carbons (Fsp3) is 0.161. The van der Waals surface area contributed by atoms with E-state index in [9.17, 15) is 20.8 Å². The number of rotatable bonds is 10. The molecule has 6 aromatic rings. The van der Waals surface area contributed by atoms with Gasteiger partial charge in [0.15, 0.2) is 11.4 Å². The van der Waals surface area contributed by atoms with E-state index in [4.69, 9.17) is 0 Å². The van der Waals surface area contributed by atoms with Crippen LogP contribution in [0, 0.1) is 10.4 Å². The largest absolute Gasteiger partial charge is 0.595 e. The summed E-state index contributed by atoms with van der Waals surface area (Å²) in [4.78, 5) is 9.37. The van der Waals surface area contributed by atoms with Crippen molar-refractivity contribution in [2.75, 3.05) is 23.7 Å². The zero-order chi connectivity index (χ0) is 28.3. The Kier molecular flexibility index (Phi) is 7.57. The molecule has 0 spiro atoms. The summed E-state index contributed by atoms with van der Waals surface area (Å²) in [5.74, 6) is 0. The van der Waals surface area contributed by atoms with Crippen LogP contribution in [0.2, 0.25) is 0 Å². The van der Waals surface area contributed by atoms with Crippen molar-refractivity contribution in [2.24, 2.45) is 0 Å². The summed E-state index contributed by atoms with van der Waals surface area (Å²) in [6.07, 6.45) is 2.65. The molecule has 2 atom stereocenters. The minimum absolute atomic E-state index is 0.227. The maximum Gasteiger partial charge on any atom is 0.175 e. The van der Waals surface area contributed by atoms with E-state index in [2.05, 4.69) is 20.6 Å². The van der Waals surface area contributed by atoms with Gasteiger partial charge in [0.1, 0.15) is 0 Å². The Hall–Kier alpha value is -4.42. The van der Waals surface area contributed by atoms with Crippen molar-refractivity contribution in [1.29, 1.82) is 0 Å². The fourth-order valence-corrected chi connectivity index (χ4v) is 5.46. The van der Waals surface area contributed by atoms with E-state index in [0.29, 0.717) is 34.9 Å². The molecule has 10 heteroatoms. The molecule has 6 rings (SSSR count). The number of pyridine rings is 2. The Bertz CT molecular complexity index is 1730. The van der Waals surface area contributed by atoms with Gasteiger partial charge in [0, 0.05) is 36.0 Å². The van der Waals surface area contributed by atoms with Gasteiger partial charge in [-0.2, -0.15) is 10.5 Å². The first-order valence-electron chi connectivity index (χ1n) is 13.6. The van der Waals surface area contributed by atoms with Crippen LogP contribution in [0.25, 0.3) is 43.6 Å². The summed E-state index contributed by atoms with van der Waals surface area (Å²) >= 11 is 0. The number of nitrogens with zero attached hydrogens (tertiary/aromatic N) is 2. The SMILES string of the molecule is [O-][NH+](O)c1cccc2nc3ccccc3c(NCCCCCNc3c4ccccc4nc4cccc([NH+]([O-])O)c34)c12. The van der Waals surface area contributed by atoms with Crippen molar-refractivity contribution in [2.45, 2.75) is 19.3 Å². The number of hydrogen-bond donors (Lipinski definition) is 6. The number of anilines is 2. The zero-order valence-corrected chi connectivity index (χ0v) is 22.2. The van der Waals surface area contributed by atoms with Gasteiger partial charge < -0.3 is 21.0 Å². The Balaban J connectivity index is 1.17. The number of aromatic nitrogens is 2. The van der Waals surface area contributed by atoms with Crippen molar-refractivity contribution in [1.82, 2.24) is 9.97 Å². The Labute approximate surface area is 235 Å². The highest BCUT2D eigenvalue weighted by atomic mass is 16.8. The number of unbranched alkanes of at least 4 members (excludes halogenated alkanes) is 2. The molecular formula is C31H30N6O4. The van der Waals surface area contributed by atoms with Gasteiger partial charge in [0.05, 0.1) is 44.2 Å². The zero-order valence-electron chi connectivity index (χ0n) is 22.2. The second kappa shape index (κ2) is 11.6. The summed E-state index contributed by atoms with van der Waals surface area (Å²) in [6, 6.07) is 25.8. The minimum Gasteiger partial charge on any atom is -0.595 e. The predicted octanol–water partition coefficient (Wildman–Crippen LogP) is 4.59. The summed E-state index contributed by atoms with van der Waals surface area (Å²) < 4.78 is 0. The van der Waals surface area contributed by atoms with Crippen molar-refractivity contribution in [3.05, 3.63) is 95.3 Å². The van der Waals surface area contributed by atoms with Crippen molar-refractivity contribution < 1.29 is 20.9 Å². The average molecular weight is 551 g/mol. The maximum absolute atomic E-state index is 12.0. The third-order valence-corrected chi connectivity index (χ3v) is 7.33. The highest BCUT2D eigenvalue weighted by Gasteiger charge is 2.17. The van der Waals surface area contributed by atoms with E-state index in [-0.39, 0.29) is 11.4 Å². The molecule has 0 aliphatic rings. The van der Waals surface area contributed by atoms with Crippen LogP contribution in [-0.2, 0) is 0 Å². The van der Waals surface area contributed by atoms with Crippen LogP contribution >= 0.6 is 0 Å². The first kappa shape index (κ1) is 26.8. The highest BCUT2D eigenvalue weighted by molar-refractivity contribution is 6.12. The second-order valence-corrected chi connectivity index (χ2v) is 9.93. The molecule has 0 aliphatic carbocycles. The summed E-state index contributed by atoms with van der Waals surface area (Å²) in [5, 5.41) is 51.7. The first-order chi connectivity index (χ1) is 20.0. The van der Waals surface area contributed by atoms with Crippen molar-refractivity contribution in [3.8, 4) is 0 Å². The van der Waals surface area contributed by atoms with Crippen LogP contribution in [0.15, 0.2) is 84.9 Å². The lowest BCUT2D eigenvalue weighted by atomic mass is 10.1. The van der Waals surface area contributed by atoms with E-state index in [1.165, 1.54) is 0 Å². The molecule has 0 fully saturated rings. The number of fused-ring (bicyclic) bond motifs is 4. The second-order valence-electron chi connectivity index (χ2n) is 9.93. The van der Waals surface area contributed by atoms with E-state index >= 15 is 0 Å². The third kappa shape index (κ3) is 5.23. The first-order valence-corrected chi connectivity index (χ1v) is 13.6. The molecule has 2 heterocycles. The number of hydrogen-bond acceptors (Lipinski definition) is 8. The van der Waals surface area contributed by atoms with Crippen molar-refractivity contribution >= 4 is 66.4 Å². The van der Waals surface area contributed by atoms with Gasteiger partial charge in [-0.1, -0.05) is 48.5 Å². The van der Waals surface area contributed by atoms with Gasteiger partial charge >= 0.3 is 0 Å². The Morgan fingerprint density at radius 3 is 1.39 bits per heavy atom. The standard InChI is InChI=1S/C31H30N6O4/c38-36(39)26-16-8-14-24-28(26)30(20-10-2-4-12-22(20)34-24)32-18-6-1-7-19-33-31-21-11-3-5-13-23(21)35-25-15-9-17-27(29(25)31)37(40)41/h2-5,8-17,36-38,40H,1,6-7,18-19H2,(H,32,34)(H,33,35). The summed E-state index contributed by atoms with van der Waals surface area (Å²) in [5.41, 5.74) is 4.95.